The van der Waals surface area contributed by atoms with E-state index in [4.69, 9.17) is 9.47 Å². The quantitative estimate of drug-likeness (QED) is 0.596. The number of aliphatic hydroxyl groups is 1. The number of aliphatic hydroxyl groups excluding tert-OH is 1. The van der Waals surface area contributed by atoms with Crippen LogP contribution in [0.5, 0.6) is 0 Å². The maximum Gasteiger partial charge on any atom is 0.425 e. The second kappa shape index (κ2) is 9.22. The van der Waals surface area contributed by atoms with Crippen LogP contribution in [-0.4, -0.2) is 54.9 Å². The fraction of sp³-hybridized carbons (Fsp3) is 0.375. The molecule has 0 spiro atoms. The lowest BCUT2D eigenvalue weighted by Crippen LogP contribution is -2.44. The molecule has 10 nitrogen and oxygen atoms in total. The van der Waals surface area contributed by atoms with Crippen LogP contribution in [0.2, 0.25) is 0 Å². The Balaban J connectivity index is 2.33. The first-order valence-electron chi connectivity index (χ1n) is 10.7. The van der Waals surface area contributed by atoms with E-state index in [9.17, 15) is 14.7 Å². The minimum atomic E-state index is -0.957. The molecule has 0 aliphatic carbocycles. The van der Waals surface area contributed by atoms with Crippen molar-refractivity contribution in [3.05, 3.63) is 48.9 Å². The molecule has 0 saturated carbocycles. The minimum Gasteiger partial charge on any atom is -0.443 e. The van der Waals surface area contributed by atoms with Crippen molar-refractivity contribution in [1.82, 2.24) is 19.7 Å². The first-order valence-corrected chi connectivity index (χ1v) is 10.7. The summed E-state index contributed by atoms with van der Waals surface area (Å²) in [5.41, 5.74) is -0.464. The van der Waals surface area contributed by atoms with Gasteiger partial charge in [-0.3, -0.25) is 0 Å². The summed E-state index contributed by atoms with van der Waals surface area (Å²) in [5, 5.41) is 14.0. The Morgan fingerprint density at radius 1 is 1.03 bits per heavy atom. The fourth-order valence-corrected chi connectivity index (χ4v) is 2.92. The summed E-state index contributed by atoms with van der Waals surface area (Å²) < 4.78 is 12.5. The molecule has 3 aromatic rings. The summed E-state index contributed by atoms with van der Waals surface area (Å²) in [6.07, 6.45) is -0.479. The second-order valence-corrected chi connectivity index (χ2v) is 9.56. The van der Waals surface area contributed by atoms with E-state index in [1.54, 1.807) is 65.8 Å². The number of ether oxygens (including phenoxy) is 2. The zero-order chi connectivity index (χ0) is 25.3. The van der Waals surface area contributed by atoms with Crippen LogP contribution in [0.15, 0.2) is 43.1 Å². The van der Waals surface area contributed by atoms with Gasteiger partial charge >= 0.3 is 12.2 Å². The molecular formula is C24H29N5O5. The molecular weight excluding hydrogens is 438 g/mol. The predicted octanol–water partition coefficient (Wildman–Crippen LogP) is 4.50. The van der Waals surface area contributed by atoms with Crippen molar-refractivity contribution in [3.8, 4) is 5.69 Å². The number of rotatable bonds is 4. The van der Waals surface area contributed by atoms with Crippen molar-refractivity contribution in [2.45, 2.75) is 52.7 Å². The van der Waals surface area contributed by atoms with Crippen LogP contribution in [0.3, 0.4) is 0 Å². The smallest absolute Gasteiger partial charge is 0.425 e. The van der Waals surface area contributed by atoms with Gasteiger partial charge in [-0.05, 0) is 53.7 Å². The van der Waals surface area contributed by atoms with Crippen molar-refractivity contribution in [1.29, 1.82) is 0 Å². The van der Waals surface area contributed by atoms with Crippen LogP contribution in [-0.2, 0) is 9.47 Å². The number of benzene rings is 1. The molecule has 1 N–H and O–H groups in total. The highest BCUT2D eigenvalue weighted by molar-refractivity contribution is 6.13. The average Bonchev–Trinajstić information content (AvgIpc) is 3.10. The molecule has 3 rings (SSSR count). The third-order valence-electron chi connectivity index (χ3n) is 4.26. The Hall–Kier alpha value is -3.79. The standard InChI is InChI=1S/C24H29N5O5/c1-15(14-30)19-25-13-17-18(26-19)20(29(27-17)16-11-9-8-10-12-16)28(21(31)33-23(2,3)4)22(32)34-24(5,6)7/h8-13,30H,1,14H2,2-7H3. The highest BCUT2D eigenvalue weighted by atomic mass is 16.6. The van der Waals surface area contributed by atoms with E-state index < -0.39 is 23.4 Å². The number of anilines is 1. The van der Waals surface area contributed by atoms with Gasteiger partial charge in [0.25, 0.3) is 0 Å². The Kier molecular flexibility index (Phi) is 6.74. The zero-order valence-electron chi connectivity index (χ0n) is 20.2. The van der Waals surface area contributed by atoms with Crippen LogP contribution >= 0.6 is 0 Å². The van der Waals surface area contributed by atoms with E-state index >= 15 is 0 Å². The lowest BCUT2D eigenvalue weighted by molar-refractivity contribution is 0.0428. The summed E-state index contributed by atoms with van der Waals surface area (Å²) in [5.74, 6) is 0.163. The molecule has 1 aromatic carbocycles. The number of imide groups is 1. The number of fused-ring (bicyclic) bond motifs is 1. The van der Waals surface area contributed by atoms with Crippen LogP contribution in [0.4, 0.5) is 15.4 Å². The number of hydrogen-bond donors (Lipinski definition) is 1. The maximum absolute atomic E-state index is 13.3. The number of amides is 2. The largest absolute Gasteiger partial charge is 0.443 e. The van der Waals surface area contributed by atoms with Gasteiger partial charge in [-0.15, -0.1) is 0 Å². The number of carbonyl (C=O) groups excluding carboxylic acids is 2. The van der Waals surface area contributed by atoms with Crippen LogP contribution in [0.25, 0.3) is 22.3 Å². The number of nitrogens with zero attached hydrogens (tertiary/aromatic N) is 5. The molecule has 0 radical (unpaired) electrons. The number of hydrogen-bond acceptors (Lipinski definition) is 8. The first-order chi connectivity index (χ1) is 15.8. The summed E-state index contributed by atoms with van der Waals surface area (Å²) in [6.45, 7) is 13.5. The van der Waals surface area contributed by atoms with E-state index in [0.717, 1.165) is 4.90 Å². The van der Waals surface area contributed by atoms with Gasteiger partial charge in [-0.1, -0.05) is 24.8 Å². The van der Waals surface area contributed by atoms with E-state index in [-0.39, 0.29) is 29.3 Å². The first kappa shape index (κ1) is 24.8. The van der Waals surface area contributed by atoms with Gasteiger partial charge in [0.2, 0.25) is 0 Å². The molecule has 0 atom stereocenters. The molecule has 0 aliphatic rings. The highest BCUT2D eigenvalue weighted by Gasteiger charge is 2.37. The highest BCUT2D eigenvalue weighted by Crippen LogP contribution is 2.31. The monoisotopic (exact) mass is 467 g/mol. The Morgan fingerprint density at radius 3 is 2.09 bits per heavy atom. The number of aromatic nitrogens is 4. The van der Waals surface area contributed by atoms with Crippen molar-refractivity contribution in [2.75, 3.05) is 11.5 Å². The Labute approximate surface area is 197 Å². The average molecular weight is 468 g/mol. The zero-order valence-corrected chi connectivity index (χ0v) is 20.2. The van der Waals surface area contributed by atoms with E-state index in [1.807, 2.05) is 6.07 Å². The Bertz CT molecular complexity index is 1190. The summed E-state index contributed by atoms with van der Waals surface area (Å²) >= 11 is 0. The molecule has 0 fully saturated rings. The summed E-state index contributed by atoms with van der Waals surface area (Å²) in [7, 11) is 0. The summed E-state index contributed by atoms with van der Waals surface area (Å²) in [4.78, 5) is 36.1. The molecule has 10 heteroatoms. The molecule has 2 heterocycles. The molecule has 2 aromatic heterocycles. The SMILES string of the molecule is C=C(CO)c1ncc2nn(-c3ccccc3)c(N(C(=O)OC(C)(C)C)C(=O)OC(C)(C)C)c2n1. The van der Waals surface area contributed by atoms with Gasteiger partial charge in [0.15, 0.2) is 11.6 Å². The van der Waals surface area contributed by atoms with Gasteiger partial charge in [0.05, 0.1) is 18.5 Å². The number of carbonyl (C=O) groups is 2. The lowest BCUT2D eigenvalue weighted by Gasteiger charge is -2.28. The second-order valence-electron chi connectivity index (χ2n) is 9.56. The maximum atomic E-state index is 13.3. The van der Waals surface area contributed by atoms with Gasteiger partial charge in [0, 0.05) is 5.57 Å². The van der Waals surface area contributed by atoms with E-state index in [1.165, 1.54) is 10.9 Å². The van der Waals surface area contributed by atoms with Crippen LogP contribution in [0, 0.1) is 0 Å². The van der Waals surface area contributed by atoms with Crippen molar-refractivity contribution in [2.24, 2.45) is 0 Å². The van der Waals surface area contributed by atoms with Gasteiger partial charge in [-0.2, -0.15) is 10.00 Å². The fourth-order valence-electron chi connectivity index (χ4n) is 2.92. The predicted molar refractivity (Wildman–Crippen MR) is 128 cm³/mol. The van der Waals surface area contributed by atoms with Gasteiger partial charge in [-0.25, -0.2) is 24.2 Å². The number of para-hydroxylation sites is 1. The minimum absolute atomic E-state index is 0.0130. The molecule has 34 heavy (non-hydrogen) atoms. The molecule has 0 bridgehead atoms. The summed E-state index contributed by atoms with van der Waals surface area (Å²) in [6, 6.07) is 8.94. The van der Waals surface area contributed by atoms with Crippen LogP contribution in [0.1, 0.15) is 47.4 Å². The normalized spacial score (nSPS) is 11.9. The third-order valence-corrected chi connectivity index (χ3v) is 4.26. The molecule has 0 aliphatic heterocycles. The molecule has 0 saturated heterocycles. The van der Waals surface area contributed by atoms with Gasteiger partial charge in [0.1, 0.15) is 22.2 Å². The van der Waals surface area contributed by atoms with Gasteiger partial charge < -0.3 is 14.6 Å². The third kappa shape index (κ3) is 5.57. The van der Waals surface area contributed by atoms with Crippen LogP contribution < -0.4 is 4.90 Å². The molecule has 2 amide bonds. The topological polar surface area (TPSA) is 120 Å². The molecule has 0 unspecified atom stereocenters. The van der Waals surface area contributed by atoms with Crippen molar-refractivity contribution >= 4 is 34.6 Å². The van der Waals surface area contributed by atoms with E-state index in [0.29, 0.717) is 11.2 Å². The van der Waals surface area contributed by atoms with E-state index in [2.05, 4.69) is 21.6 Å². The Morgan fingerprint density at radius 2 is 1.59 bits per heavy atom. The molecule has 180 valence electrons. The van der Waals surface area contributed by atoms with Crippen molar-refractivity contribution < 1.29 is 24.2 Å². The van der Waals surface area contributed by atoms with Crippen molar-refractivity contribution in [3.63, 3.8) is 0 Å². The lowest BCUT2D eigenvalue weighted by atomic mass is 10.2.